The number of nitrogens with zero attached hydrogens (tertiary/aromatic N) is 2. The average molecular weight is 427 g/mol. The molecule has 142 valence electrons. The molecule has 0 saturated carbocycles. The Kier molecular flexibility index (Phi) is 5.85. The van der Waals surface area contributed by atoms with Gasteiger partial charge in [0, 0.05) is 17.3 Å². The topological polar surface area (TPSA) is 34.9 Å². The lowest BCUT2D eigenvalue weighted by Crippen LogP contribution is -2.23. The Bertz CT molecular complexity index is 1170. The van der Waals surface area contributed by atoms with E-state index in [1.54, 1.807) is 11.8 Å². The predicted octanol–water partition coefficient (Wildman–Crippen LogP) is 5.95. The molecule has 2 heterocycles. The van der Waals surface area contributed by atoms with E-state index in [1.807, 2.05) is 40.3 Å². The van der Waals surface area contributed by atoms with Crippen LogP contribution in [0.2, 0.25) is 5.02 Å². The van der Waals surface area contributed by atoms with E-state index in [4.69, 9.17) is 16.6 Å². The van der Waals surface area contributed by atoms with Gasteiger partial charge in [0.15, 0.2) is 5.16 Å². The summed E-state index contributed by atoms with van der Waals surface area (Å²) in [5.74, 6) is 0.782. The Morgan fingerprint density at radius 1 is 1.11 bits per heavy atom. The van der Waals surface area contributed by atoms with Gasteiger partial charge in [-0.25, -0.2) is 4.98 Å². The van der Waals surface area contributed by atoms with E-state index < -0.39 is 0 Å². The van der Waals surface area contributed by atoms with Gasteiger partial charge in [-0.1, -0.05) is 65.3 Å². The number of aromatic nitrogens is 2. The summed E-state index contributed by atoms with van der Waals surface area (Å²) in [6.07, 6.45) is 0.758. The minimum atomic E-state index is 0.0423. The highest BCUT2D eigenvalue weighted by Crippen LogP contribution is 2.24. The largest absolute Gasteiger partial charge is 0.286 e. The van der Waals surface area contributed by atoms with Crippen molar-refractivity contribution in [1.29, 1.82) is 0 Å². The van der Waals surface area contributed by atoms with Gasteiger partial charge < -0.3 is 0 Å². The maximum atomic E-state index is 13.1. The van der Waals surface area contributed by atoms with Gasteiger partial charge >= 0.3 is 0 Å². The SMILES string of the molecule is Cc1cccc(CSc2nc3ccsc3c(=O)n2CCc2ccc(Cl)cc2)c1. The summed E-state index contributed by atoms with van der Waals surface area (Å²) < 4.78 is 2.53. The number of rotatable bonds is 6. The Hall–Kier alpha value is -2.08. The van der Waals surface area contributed by atoms with E-state index in [9.17, 15) is 4.79 Å². The van der Waals surface area contributed by atoms with Crippen molar-refractivity contribution >= 4 is 44.9 Å². The van der Waals surface area contributed by atoms with Crippen LogP contribution < -0.4 is 5.56 Å². The van der Waals surface area contributed by atoms with Crippen molar-refractivity contribution in [3.05, 3.63) is 92.0 Å². The molecular weight excluding hydrogens is 408 g/mol. The molecule has 4 rings (SSSR count). The maximum Gasteiger partial charge on any atom is 0.272 e. The molecule has 0 N–H and O–H groups in total. The van der Waals surface area contributed by atoms with Crippen molar-refractivity contribution in [3.8, 4) is 0 Å². The molecule has 0 unspecified atom stereocenters. The summed E-state index contributed by atoms with van der Waals surface area (Å²) in [5.41, 5.74) is 4.44. The van der Waals surface area contributed by atoms with E-state index in [-0.39, 0.29) is 5.56 Å². The second-order valence-corrected chi connectivity index (χ2v) is 8.94. The van der Waals surface area contributed by atoms with Crippen molar-refractivity contribution in [2.75, 3.05) is 0 Å². The second kappa shape index (κ2) is 8.52. The van der Waals surface area contributed by atoms with Gasteiger partial charge in [-0.3, -0.25) is 9.36 Å². The quantitative estimate of drug-likeness (QED) is 0.282. The van der Waals surface area contributed by atoms with Gasteiger partial charge in [0.2, 0.25) is 0 Å². The summed E-state index contributed by atoms with van der Waals surface area (Å²) in [5, 5.41) is 3.42. The third kappa shape index (κ3) is 4.32. The molecule has 6 heteroatoms. The molecule has 0 bridgehead atoms. The lowest BCUT2D eigenvalue weighted by Gasteiger charge is -2.12. The summed E-state index contributed by atoms with van der Waals surface area (Å²) >= 11 is 9.04. The molecule has 28 heavy (non-hydrogen) atoms. The first-order chi connectivity index (χ1) is 13.6. The van der Waals surface area contributed by atoms with Crippen LogP contribution in [0.5, 0.6) is 0 Å². The maximum absolute atomic E-state index is 13.1. The summed E-state index contributed by atoms with van der Waals surface area (Å²) in [7, 11) is 0. The van der Waals surface area contributed by atoms with Crippen molar-refractivity contribution in [3.63, 3.8) is 0 Å². The van der Waals surface area contributed by atoms with Crippen molar-refractivity contribution in [2.24, 2.45) is 0 Å². The van der Waals surface area contributed by atoms with Crippen LogP contribution in [0, 0.1) is 6.92 Å². The molecule has 2 aromatic heterocycles. The highest BCUT2D eigenvalue weighted by molar-refractivity contribution is 7.98. The minimum absolute atomic E-state index is 0.0423. The van der Waals surface area contributed by atoms with Crippen LogP contribution in [0.3, 0.4) is 0 Å². The van der Waals surface area contributed by atoms with Crippen LogP contribution in [-0.4, -0.2) is 9.55 Å². The first-order valence-electron chi connectivity index (χ1n) is 9.01. The first kappa shape index (κ1) is 19.2. The number of hydrogen-bond acceptors (Lipinski definition) is 4. The molecule has 0 aliphatic rings. The van der Waals surface area contributed by atoms with E-state index in [1.165, 1.54) is 22.5 Å². The van der Waals surface area contributed by atoms with Crippen molar-refractivity contribution in [1.82, 2.24) is 9.55 Å². The fourth-order valence-electron chi connectivity index (χ4n) is 3.07. The molecule has 3 nitrogen and oxygen atoms in total. The van der Waals surface area contributed by atoms with Gasteiger partial charge in [0.1, 0.15) is 4.70 Å². The molecule has 0 fully saturated rings. The fourth-order valence-corrected chi connectivity index (χ4v) is 4.95. The zero-order chi connectivity index (χ0) is 19.5. The number of halogens is 1. The Balaban J connectivity index is 1.62. The van der Waals surface area contributed by atoms with Crippen LogP contribution in [0.15, 0.2) is 69.9 Å². The average Bonchev–Trinajstić information content (AvgIpc) is 3.16. The Morgan fingerprint density at radius 2 is 1.93 bits per heavy atom. The van der Waals surface area contributed by atoms with Gasteiger partial charge in [0.05, 0.1) is 5.52 Å². The molecule has 4 aromatic rings. The molecule has 2 aromatic carbocycles. The number of thiophene rings is 1. The van der Waals surface area contributed by atoms with Gasteiger partial charge in [-0.05, 0) is 48.1 Å². The summed E-state index contributed by atoms with van der Waals surface area (Å²) in [6, 6.07) is 18.1. The van der Waals surface area contributed by atoms with E-state index in [0.29, 0.717) is 6.54 Å². The molecule has 0 atom stereocenters. The number of benzene rings is 2. The molecule has 0 radical (unpaired) electrons. The van der Waals surface area contributed by atoms with Crippen LogP contribution in [-0.2, 0) is 18.7 Å². The zero-order valence-corrected chi connectivity index (χ0v) is 17.8. The monoisotopic (exact) mass is 426 g/mol. The second-order valence-electron chi connectivity index (χ2n) is 6.64. The summed E-state index contributed by atoms with van der Waals surface area (Å²) in [6.45, 7) is 2.68. The first-order valence-corrected chi connectivity index (χ1v) is 11.3. The summed E-state index contributed by atoms with van der Waals surface area (Å²) in [4.78, 5) is 17.8. The fraction of sp³-hybridized carbons (Fsp3) is 0.182. The van der Waals surface area contributed by atoms with Gasteiger partial charge in [-0.2, -0.15) is 0 Å². The van der Waals surface area contributed by atoms with Crippen molar-refractivity contribution < 1.29 is 0 Å². The van der Waals surface area contributed by atoms with E-state index >= 15 is 0 Å². The number of fused-ring (bicyclic) bond motifs is 1. The minimum Gasteiger partial charge on any atom is -0.286 e. The van der Waals surface area contributed by atoms with Gasteiger partial charge in [0.25, 0.3) is 5.56 Å². The molecule has 0 aliphatic heterocycles. The highest BCUT2D eigenvalue weighted by Gasteiger charge is 2.13. The van der Waals surface area contributed by atoms with Gasteiger partial charge in [-0.15, -0.1) is 11.3 Å². The van der Waals surface area contributed by atoms with E-state index in [2.05, 4.69) is 31.2 Å². The van der Waals surface area contributed by atoms with Crippen LogP contribution in [0.1, 0.15) is 16.7 Å². The molecule has 0 saturated heterocycles. The van der Waals surface area contributed by atoms with Crippen molar-refractivity contribution in [2.45, 2.75) is 30.8 Å². The molecule has 0 aliphatic carbocycles. The lowest BCUT2D eigenvalue weighted by atomic mass is 10.1. The van der Waals surface area contributed by atoms with Crippen LogP contribution in [0.4, 0.5) is 0 Å². The third-order valence-corrected chi connectivity index (χ3v) is 6.71. The lowest BCUT2D eigenvalue weighted by molar-refractivity contribution is 0.596. The predicted molar refractivity (Wildman–Crippen MR) is 120 cm³/mol. The Labute approximate surface area is 177 Å². The number of thioether (sulfide) groups is 1. The normalized spacial score (nSPS) is 11.2. The Morgan fingerprint density at radius 3 is 2.71 bits per heavy atom. The van der Waals surface area contributed by atoms with E-state index in [0.717, 1.165) is 38.1 Å². The zero-order valence-electron chi connectivity index (χ0n) is 15.4. The smallest absolute Gasteiger partial charge is 0.272 e. The molecule has 0 spiro atoms. The highest BCUT2D eigenvalue weighted by atomic mass is 35.5. The standard InChI is InChI=1S/C22H19ClN2OS2/c1-15-3-2-4-17(13-15)14-28-22-24-19-10-12-27-20(19)21(26)25(22)11-9-16-5-7-18(23)8-6-16/h2-8,10,12-13H,9,11,14H2,1H3. The van der Waals surface area contributed by atoms with Crippen LogP contribution in [0.25, 0.3) is 10.2 Å². The van der Waals surface area contributed by atoms with Crippen LogP contribution >= 0.6 is 34.7 Å². The number of aryl methyl sites for hydroxylation is 2. The third-order valence-electron chi connectivity index (χ3n) is 4.52. The molecule has 0 amide bonds. The number of hydrogen-bond donors (Lipinski definition) is 0. The molecular formula is C22H19ClN2OS2.